The fourth-order valence-corrected chi connectivity index (χ4v) is 2.02. The van der Waals surface area contributed by atoms with E-state index in [4.69, 9.17) is 23.7 Å². The molecule has 9 nitrogen and oxygen atoms in total. The van der Waals surface area contributed by atoms with Gasteiger partial charge in [0.2, 0.25) is 5.75 Å². The Balaban J connectivity index is 0. The average molecular weight is 434 g/mol. The van der Waals surface area contributed by atoms with Crippen molar-refractivity contribution in [1.29, 1.82) is 0 Å². The molecule has 0 aliphatic carbocycles. The molecular weight excluding hydrogens is 424 g/mol. The summed E-state index contributed by atoms with van der Waals surface area (Å²) in [5.74, 6) is -1.67. The summed E-state index contributed by atoms with van der Waals surface area (Å²) in [5.41, 5.74) is 0.195. The number of hydrogen-bond donors (Lipinski definition) is 3. The van der Waals surface area contributed by atoms with Gasteiger partial charge in [-0.25, -0.2) is 0 Å². The maximum absolute atomic E-state index is 12.0. The Morgan fingerprint density at radius 3 is 1.86 bits per heavy atom. The molecule has 0 aliphatic rings. The van der Waals surface area contributed by atoms with Crippen LogP contribution in [0.1, 0.15) is 0 Å². The van der Waals surface area contributed by atoms with Crippen molar-refractivity contribution in [2.24, 2.45) is 0 Å². The smallest absolute Gasteiger partial charge is 0.822 e. The molecule has 1 heterocycles. The monoisotopic (exact) mass is 434 g/mol. The van der Waals surface area contributed by atoms with Gasteiger partial charge in [-0.3, -0.25) is 4.79 Å². The molecule has 0 atom stereocenters. The number of phenolic OH excluding ortho intramolecular Hbond substituents is 3. The number of phenols is 3. The molecule has 0 unspecified atom stereocenters. The second-order valence-electron chi connectivity index (χ2n) is 4.75. The molecule has 28 heavy (non-hydrogen) atoms. The molecule has 0 fully saturated rings. The van der Waals surface area contributed by atoms with Crippen LogP contribution in [-0.2, 0) is 4.57 Å². The molecule has 0 radical (unpaired) electrons. The molecule has 3 rings (SSSR count). The Morgan fingerprint density at radius 2 is 1.36 bits per heavy atom. The molecule has 1 aromatic heterocycles. The first-order chi connectivity index (χ1) is 11.6. The van der Waals surface area contributed by atoms with Crippen LogP contribution in [-0.4, -0.2) is 15.3 Å². The van der Waals surface area contributed by atoms with Crippen molar-refractivity contribution in [2.75, 3.05) is 0 Å². The first-order valence-corrected chi connectivity index (χ1v) is 8.04. The van der Waals surface area contributed by atoms with E-state index < -0.39 is 30.5 Å². The summed E-state index contributed by atoms with van der Waals surface area (Å²) in [5, 5.41) is 28.5. The topological polar surface area (TPSA) is 177 Å². The first-order valence-electron chi connectivity index (χ1n) is 6.58. The molecule has 0 aliphatic heterocycles. The molecule has 0 amide bonds. The van der Waals surface area contributed by atoms with E-state index in [2.05, 4.69) is 0 Å². The van der Waals surface area contributed by atoms with E-state index in [-0.39, 0.29) is 99.6 Å². The zero-order chi connectivity index (χ0) is 18.8. The normalized spacial score (nSPS) is 9.82. The third-order valence-electron chi connectivity index (χ3n) is 3.00. The fraction of sp³-hybridized carbons (Fsp3) is 0. The van der Waals surface area contributed by atoms with Crippen molar-refractivity contribution in [2.45, 2.75) is 0 Å². The third-order valence-corrected chi connectivity index (χ3v) is 3.00. The van der Waals surface area contributed by atoms with Gasteiger partial charge in [-0.15, -0.1) is 0 Å². The standard InChI is InChI=1S/C15H10O5.3Na.H3O4P/c16-9-6-11(8-4-2-1-3-5-8)20-12-7-10(17)14(18)15(19)13(9)12;;;;1-5(2,3)4/h1-7,17-19H;;;;(H3,1,2,3,4)/q;3*+1;/p-3. The summed E-state index contributed by atoms with van der Waals surface area (Å²) in [6, 6.07) is 11.3. The number of aromatic hydroxyl groups is 3. The van der Waals surface area contributed by atoms with E-state index in [1.807, 2.05) is 6.07 Å². The summed E-state index contributed by atoms with van der Waals surface area (Å²) < 4.78 is 14.1. The van der Waals surface area contributed by atoms with Crippen LogP contribution in [0.15, 0.2) is 51.7 Å². The predicted molar refractivity (Wildman–Crippen MR) is 80.5 cm³/mol. The zero-order valence-electron chi connectivity index (χ0n) is 15.3. The fourth-order valence-electron chi connectivity index (χ4n) is 2.02. The van der Waals surface area contributed by atoms with E-state index in [0.29, 0.717) is 11.3 Å². The van der Waals surface area contributed by atoms with Crippen molar-refractivity contribution < 1.29 is 128 Å². The minimum absolute atomic E-state index is 0. The molecule has 0 saturated heterocycles. The van der Waals surface area contributed by atoms with Gasteiger partial charge >= 0.3 is 88.7 Å². The summed E-state index contributed by atoms with van der Waals surface area (Å²) in [7, 11) is -5.39. The van der Waals surface area contributed by atoms with Crippen LogP contribution in [0.3, 0.4) is 0 Å². The first kappa shape index (κ1) is 30.4. The van der Waals surface area contributed by atoms with Crippen LogP contribution in [0.2, 0.25) is 0 Å². The van der Waals surface area contributed by atoms with Gasteiger partial charge in [0.05, 0.1) is 0 Å². The molecular formula is C15H10Na3O9P. The molecule has 3 N–H and O–H groups in total. The van der Waals surface area contributed by atoms with Crippen LogP contribution < -0.4 is 109 Å². The van der Waals surface area contributed by atoms with Crippen LogP contribution in [0.5, 0.6) is 17.2 Å². The molecule has 0 spiro atoms. The minimum Gasteiger partial charge on any atom is -0.822 e. The van der Waals surface area contributed by atoms with Crippen LogP contribution in [0.25, 0.3) is 22.3 Å². The zero-order valence-corrected chi connectivity index (χ0v) is 22.2. The second-order valence-corrected chi connectivity index (χ2v) is 5.65. The molecule has 0 bridgehead atoms. The Bertz CT molecular complexity index is 1010. The van der Waals surface area contributed by atoms with Crippen LogP contribution in [0.4, 0.5) is 0 Å². The average Bonchev–Trinajstić information content (AvgIpc) is 2.51. The van der Waals surface area contributed by atoms with Gasteiger partial charge in [-0.2, -0.15) is 7.82 Å². The maximum atomic E-state index is 12.0. The minimum atomic E-state index is -5.39. The second kappa shape index (κ2) is 12.8. The number of fused-ring (bicyclic) bond motifs is 1. The summed E-state index contributed by atoms with van der Waals surface area (Å²) >= 11 is 0. The Morgan fingerprint density at radius 1 is 0.857 bits per heavy atom. The summed E-state index contributed by atoms with van der Waals surface area (Å²) in [6.07, 6.45) is 0. The van der Waals surface area contributed by atoms with Crippen LogP contribution >= 0.6 is 7.82 Å². The van der Waals surface area contributed by atoms with Crippen molar-refractivity contribution in [1.82, 2.24) is 0 Å². The van der Waals surface area contributed by atoms with Gasteiger partial charge in [0.25, 0.3) is 0 Å². The van der Waals surface area contributed by atoms with Crippen molar-refractivity contribution in [3.05, 3.63) is 52.7 Å². The van der Waals surface area contributed by atoms with Crippen LogP contribution in [0, 0.1) is 0 Å². The van der Waals surface area contributed by atoms with E-state index in [1.165, 1.54) is 6.07 Å². The largest absolute Gasteiger partial charge is 1.00 e. The van der Waals surface area contributed by atoms with Gasteiger partial charge in [0.15, 0.2) is 16.9 Å². The van der Waals surface area contributed by atoms with Gasteiger partial charge in [0, 0.05) is 17.7 Å². The molecule has 132 valence electrons. The van der Waals surface area contributed by atoms with E-state index >= 15 is 0 Å². The number of phosphoric acid groups is 1. The van der Waals surface area contributed by atoms with Crippen molar-refractivity contribution in [3.63, 3.8) is 0 Å². The molecule has 0 saturated carbocycles. The van der Waals surface area contributed by atoms with Crippen molar-refractivity contribution >= 4 is 18.8 Å². The maximum Gasteiger partial charge on any atom is 1.00 e. The van der Waals surface area contributed by atoms with E-state index in [0.717, 1.165) is 6.07 Å². The van der Waals surface area contributed by atoms with Crippen molar-refractivity contribution in [3.8, 4) is 28.6 Å². The number of hydrogen-bond acceptors (Lipinski definition) is 9. The Labute approximate surface area is 225 Å². The predicted octanol–water partition coefficient (Wildman–Crippen LogP) is -9.24. The van der Waals surface area contributed by atoms with Gasteiger partial charge in [-0.05, 0) is 0 Å². The Hall–Kier alpha value is 0.160. The SMILES string of the molecule is O=P([O-])([O-])[O-].O=c1cc(-c2ccccc2)oc2cc(O)c(O)c(O)c12.[Na+].[Na+].[Na+]. The summed E-state index contributed by atoms with van der Waals surface area (Å²) in [6.45, 7) is 0. The number of benzene rings is 2. The third kappa shape index (κ3) is 8.49. The summed E-state index contributed by atoms with van der Waals surface area (Å²) in [4.78, 5) is 37.7. The molecule has 13 heteroatoms. The number of rotatable bonds is 1. The quantitative estimate of drug-likeness (QED) is 0.191. The van der Waals surface area contributed by atoms with Gasteiger partial charge in [-0.1, -0.05) is 30.3 Å². The molecule has 3 aromatic rings. The van der Waals surface area contributed by atoms with Gasteiger partial charge < -0.3 is 39.0 Å². The Kier molecular flexibility index (Phi) is 13.8. The van der Waals surface area contributed by atoms with E-state index in [1.54, 1.807) is 24.3 Å². The van der Waals surface area contributed by atoms with Gasteiger partial charge in [0.1, 0.15) is 16.7 Å². The molecule has 2 aromatic carbocycles. The van der Waals surface area contributed by atoms with E-state index in [9.17, 15) is 20.1 Å².